The molecule has 0 aliphatic heterocycles. The second kappa shape index (κ2) is 5.79. The normalized spacial score (nSPS) is 24.1. The fourth-order valence-electron chi connectivity index (χ4n) is 2.84. The molecule has 0 radical (unpaired) electrons. The Kier molecular flexibility index (Phi) is 3.88. The summed E-state index contributed by atoms with van der Waals surface area (Å²) in [6, 6.07) is 10.7. The number of aromatic nitrogens is 1. The molecule has 0 bridgehead atoms. The lowest BCUT2D eigenvalue weighted by atomic mass is 10.1. The third-order valence-corrected chi connectivity index (χ3v) is 4.45. The molecule has 1 aliphatic carbocycles. The second-order valence-corrected chi connectivity index (χ2v) is 5.85. The van der Waals surface area contributed by atoms with E-state index in [9.17, 15) is 0 Å². The van der Waals surface area contributed by atoms with Crippen LogP contribution >= 0.6 is 11.6 Å². The molecule has 0 amide bonds. The molecular weight excluding hydrogens is 256 g/mol. The summed E-state index contributed by atoms with van der Waals surface area (Å²) in [6.45, 7) is 0. The summed E-state index contributed by atoms with van der Waals surface area (Å²) in [5.41, 5.74) is 0. The molecule has 2 nitrogen and oxygen atoms in total. The van der Waals surface area contributed by atoms with Gasteiger partial charge in [-0.1, -0.05) is 43.5 Å². The molecule has 19 heavy (non-hydrogen) atoms. The van der Waals surface area contributed by atoms with Crippen LogP contribution < -0.4 is 5.32 Å². The predicted octanol–water partition coefficient (Wildman–Crippen LogP) is 4.59. The van der Waals surface area contributed by atoms with Gasteiger partial charge in [-0.15, -0.1) is 11.6 Å². The smallest absolute Gasteiger partial charge is 0.134 e. The minimum Gasteiger partial charge on any atom is -0.365 e. The van der Waals surface area contributed by atoms with Gasteiger partial charge in [0.1, 0.15) is 5.82 Å². The predicted molar refractivity (Wildman–Crippen MR) is 81.9 cm³/mol. The van der Waals surface area contributed by atoms with E-state index < -0.39 is 0 Å². The first-order valence-corrected chi connectivity index (χ1v) is 7.52. The number of rotatable bonds is 2. The lowest BCUT2D eigenvalue weighted by Gasteiger charge is -2.22. The molecule has 3 heteroatoms. The van der Waals surface area contributed by atoms with Crippen molar-refractivity contribution in [3.63, 3.8) is 0 Å². The number of nitrogens with zero attached hydrogens (tertiary/aromatic N) is 1. The van der Waals surface area contributed by atoms with Crippen molar-refractivity contribution in [3.05, 3.63) is 36.5 Å². The molecule has 0 spiro atoms. The third-order valence-electron chi connectivity index (χ3n) is 3.93. The third kappa shape index (κ3) is 2.84. The van der Waals surface area contributed by atoms with Gasteiger partial charge in [-0.05, 0) is 24.3 Å². The van der Waals surface area contributed by atoms with Gasteiger partial charge in [0, 0.05) is 17.6 Å². The van der Waals surface area contributed by atoms with E-state index in [0.29, 0.717) is 6.04 Å². The molecule has 100 valence electrons. The highest BCUT2D eigenvalue weighted by molar-refractivity contribution is 6.21. The summed E-state index contributed by atoms with van der Waals surface area (Å²) in [6.07, 6.45) is 7.90. The standard InChI is InChI=1S/C16H19ClN2/c17-14-8-2-1-3-9-15(14)19-16-13-7-5-4-6-12(13)10-11-18-16/h4-7,10-11,14-15H,1-3,8-9H2,(H,18,19). The van der Waals surface area contributed by atoms with Gasteiger partial charge in [0.05, 0.1) is 5.38 Å². The van der Waals surface area contributed by atoms with Gasteiger partial charge in [-0.25, -0.2) is 4.98 Å². The lowest BCUT2D eigenvalue weighted by Crippen LogP contribution is -2.29. The number of halogens is 1. The van der Waals surface area contributed by atoms with E-state index in [1.54, 1.807) is 0 Å². The zero-order valence-corrected chi connectivity index (χ0v) is 11.7. The highest BCUT2D eigenvalue weighted by atomic mass is 35.5. The van der Waals surface area contributed by atoms with Crippen LogP contribution in [0.25, 0.3) is 10.8 Å². The van der Waals surface area contributed by atoms with E-state index in [1.165, 1.54) is 30.0 Å². The van der Waals surface area contributed by atoms with Gasteiger partial charge in [0.15, 0.2) is 0 Å². The van der Waals surface area contributed by atoms with E-state index in [-0.39, 0.29) is 5.38 Å². The van der Waals surface area contributed by atoms with Crippen molar-refractivity contribution in [3.8, 4) is 0 Å². The number of pyridine rings is 1. The number of benzene rings is 1. The van der Waals surface area contributed by atoms with Crippen molar-refractivity contribution in [1.29, 1.82) is 0 Å². The van der Waals surface area contributed by atoms with Crippen LogP contribution in [0.2, 0.25) is 0 Å². The molecule has 1 aromatic carbocycles. The lowest BCUT2D eigenvalue weighted by molar-refractivity contribution is 0.625. The van der Waals surface area contributed by atoms with Gasteiger partial charge >= 0.3 is 0 Å². The maximum atomic E-state index is 6.50. The molecule has 1 aliphatic rings. The Hall–Kier alpha value is -1.28. The van der Waals surface area contributed by atoms with Crippen LogP contribution in [0.1, 0.15) is 32.1 Å². The maximum absolute atomic E-state index is 6.50. The Morgan fingerprint density at radius 3 is 2.84 bits per heavy atom. The van der Waals surface area contributed by atoms with Crippen molar-refractivity contribution in [2.45, 2.75) is 43.5 Å². The zero-order valence-electron chi connectivity index (χ0n) is 11.0. The minimum atomic E-state index is 0.211. The Bertz CT molecular complexity index is 550. The van der Waals surface area contributed by atoms with Gasteiger partial charge in [0.2, 0.25) is 0 Å². The molecule has 1 heterocycles. The summed E-state index contributed by atoms with van der Waals surface area (Å²) in [7, 11) is 0. The Labute approximate surface area is 119 Å². The summed E-state index contributed by atoms with van der Waals surface area (Å²) in [5.74, 6) is 0.968. The first kappa shape index (κ1) is 12.7. The number of nitrogens with one attached hydrogen (secondary N) is 1. The quantitative estimate of drug-likeness (QED) is 0.640. The molecule has 1 aromatic heterocycles. The molecule has 2 atom stereocenters. The molecule has 2 aromatic rings. The van der Waals surface area contributed by atoms with Crippen LogP contribution in [0.3, 0.4) is 0 Å². The summed E-state index contributed by atoms with van der Waals surface area (Å²) in [5, 5.41) is 6.18. The van der Waals surface area contributed by atoms with E-state index in [2.05, 4.69) is 34.6 Å². The first-order valence-electron chi connectivity index (χ1n) is 7.09. The van der Waals surface area contributed by atoms with Crippen LogP contribution in [-0.2, 0) is 0 Å². The number of hydrogen-bond donors (Lipinski definition) is 1. The van der Waals surface area contributed by atoms with Crippen molar-refractivity contribution in [2.24, 2.45) is 0 Å². The van der Waals surface area contributed by atoms with Crippen molar-refractivity contribution in [1.82, 2.24) is 4.98 Å². The fourth-order valence-corrected chi connectivity index (χ4v) is 3.18. The molecule has 1 fully saturated rings. The highest BCUT2D eigenvalue weighted by Gasteiger charge is 2.22. The summed E-state index contributed by atoms with van der Waals surface area (Å²) in [4.78, 5) is 4.50. The summed E-state index contributed by atoms with van der Waals surface area (Å²) < 4.78 is 0. The Morgan fingerprint density at radius 2 is 1.89 bits per heavy atom. The largest absolute Gasteiger partial charge is 0.365 e. The number of hydrogen-bond acceptors (Lipinski definition) is 2. The van der Waals surface area contributed by atoms with Crippen molar-refractivity contribution < 1.29 is 0 Å². The average molecular weight is 275 g/mol. The van der Waals surface area contributed by atoms with Gasteiger partial charge in [0.25, 0.3) is 0 Å². The molecule has 1 N–H and O–H groups in total. The van der Waals surface area contributed by atoms with Crippen LogP contribution in [0.5, 0.6) is 0 Å². The molecule has 2 unspecified atom stereocenters. The van der Waals surface area contributed by atoms with Crippen LogP contribution in [0, 0.1) is 0 Å². The Morgan fingerprint density at radius 1 is 1.05 bits per heavy atom. The van der Waals surface area contributed by atoms with E-state index in [0.717, 1.165) is 18.7 Å². The second-order valence-electron chi connectivity index (χ2n) is 5.29. The van der Waals surface area contributed by atoms with Crippen molar-refractivity contribution >= 4 is 28.2 Å². The van der Waals surface area contributed by atoms with Crippen LogP contribution in [0.4, 0.5) is 5.82 Å². The molecule has 1 saturated carbocycles. The van der Waals surface area contributed by atoms with E-state index in [1.807, 2.05) is 12.3 Å². The maximum Gasteiger partial charge on any atom is 0.134 e. The average Bonchev–Trinajstić information content (AvgIpc) is 2.65. The van der Waals surface area contributed by atoms with Gasteiger partial charge in [-0.2, -0.15) is 0 Å². The Balaban J connectivity index is 1.88. The molecular formula is C16H19ClN2. The van der Waals surface area contributed by atoms with Crippen LogP contribution in [0.15, 0.2) is 36.5 Å². The number of anilines is 1. The van der Waals surface area contributed by atoms with E-state index in [4.69, 9.17) is 11.6 Å². The van der Waals surface area contributed by atoms with Gasteiger partial charge in [-0.3, -0.25) is 0 Å². The topological polar surface area (TPSA) is 24.9 Å². The molecule has 3 rings (SSSR count). The summed E-state index contributed by atoms with van der Waals surface area (Å²) >= 11 is 6.50. The SMILES string of the molecule is ClC1CCCCCC1Nc1nccc2ccccc12. The monoisotopic (exact) mass is 274 g/mol. The van der Waals surface area contributed by atoms with Crippen molar-refractivity contribution in [2.75, 3.05) is 5.32 Å². The van der Waals surface area contributed by atoms with E-state index >= 15 is 0 Å². The number of fused-ring (bicyclic) bond motifs is 1. The zero-order chi connectivity index (χ0) is 13.1. The number of alkyl halides is 1. The minimum absolute atomic E-state index is 0.211. The van der Waals surface area contributed by atoms with Gasteiger partial charge < -0.3 is 5.32 Å². The highest BCUT2D eigenvalue weighted by Crippen LogP contribution is 2.27. The van der Waals surface area contributed by atoms with Crippen LogP contribution in [-0.4, -0.2) is 16.4 Å². The fraction of sp³-hybridized carbons (Fsp3) is 0.438. The first-order chi connectivity index (χ1) is 9.34. The molecule has 0 saturated heterocycles.